The van der Waals surface area contributed by atoms with E-state index in [4.69, 9.17) is 27.9 Å². The number of likely N-dealkylation sites (N-methyl/N-ethyl adjacent to an activating group) is 1. The molecule has 0 bridgehead atoms. The van der Waals surface area contributed by atoms with Crippen molar-refractivity contribution in [3.63, 3.8) is 0 Å². The van der Waals surface area contributed by atoms with Crippen LogP contribution in [0.25, 0.3) is 0 Å². The fraction of sp³-hybridized carbons (Fsp3) is 0.286. The number of carbonyl (C=O) groups excluding carboxylic acids is 2. The first-order valence-corrected chi connectivity index (χ1v) is 14.4. The van der Waals surface area contributed by atoms with E-state index in [9.17, 15) is 18.0 Å². The second-order valence-corrected chi connectivity index (χ2v) is 11.5. The van der Waals surface area contributed by atoms with Crippen molar-refractivity contribution in [2.75, 3.05) is 25.0 Å². The molecule has 0 aliphatic heterocycles. The average molecular weight is 593 g/mol. The van der Waals surface area contributed by atoms with Crippen LogP contribution in [0.1, 0.15) is 24.5 Å². The summed E-state index contributed by atoms with van der Waals surface area (Å²) in [5, 5.41) is 2.72. The van der Waals surface area contributed by atoms with Gasteiger partial charge in [-0.1, -0.05) is 66.0 Å². The summed E-state index contributed by atoms with van der Waals surface area (Å²) in [5.74, 6) is -0.318. The number of hydrogen-bond donors (Lipinski definition) is 1. The zero-order valence-corrected chi connectivity index (χ0v) is 24.5. The number of amides is 2. The van der Waals surface area contributed by atoms with E-state index in [0.717, 1.165) is 15.4 Å². The molecule has 0 aliphatic carbocycles. The van der Waals surface area contributed by atoms with E-state index in [1.165, 1.54) is 36.2 Å². The quantitative estimate of drug-likeness (QED) is 0.336. The first-order valence-electron chi connectivity index (χ1n) is 12.2. The molecule has 3 aromatic carbocycles. The van der Waals surface area contributed by atoms with Gasteiger partial charge < -0.3 is 15.0 Å². The summed E-state index contributed by atoms with van der Waals surface area (Å²) in [5.41, 5.74) is 1.66. The molecule has 0 heterocycles. The molecule has 0 aliphatic rings. The van der Waals surface area contributed by atoms with Gasteiger partial charge in [0, 0.05) is 13.6 Å². The molecule has 0 spiro atoms. The van der Waals surface area contributed by atoms with Crippen LogP contribution in [0.4, 0.5) is 5.69 Å². The molecule has 39 heavy (non-hydrogen) atoms. The molecule has 3 aromatic rings. The van der Waals surface area contributed by atoms with Gasteiger partial charge in [-0.2, -0.15) is 0 Å². The normalized spacial score (nSPS) is 11.9. The van der Waals surface area contributed by atoms with Crippen LogP contribution in [0.3, 0.4) is 0 Å². The highest BCUT2D eigenvalue weighted by Gasteiger charge is 2.34. The molecule has 0 aromatic heterocycles. The monoisotopic (exact) mass is 591 g/mol. The van der Waals surface area contributed by atoms with E-state index in [-0.39, 0.29) is 33.1 Å². The van der Waals surface area contributed by atoms with Crippen molar-refractivity contribution >= 4 is 50.7 Å². The van der Waals surface area contributed by atoms with Crippen molar-refractivity contribution in [1.29, 1.82) is 0 Å². The summed E-state index contributed by atoms with van der Waals surface area (Å²) in [6.45, 7) is 3.07. The summed E-state index contributed by atoms with van der Waals surface area (Å²) < 4.78 is 33.9. The number of anilines is 1. The number of nitrogens with zero attached hydrogens (tertiary/aromatic N) is 2. The third-order valence-electron chi connectivity index (χ3n) is 6.23. The molecular formula is C28H31Cl2N3O5S. The Kier molecular flexibility index (Phi) is 10.2. The largest absolute Gasteiger partial charge is 0.497 e. The van der Waals surface area contributed by atoms with Crippen molar-refractivity contribution in [1.82, 2.24) is 10.2 Å². The SMILES string of the molecule is CCC(C(=O)NC)N(Cc1ccc(OC)cc1)C(=O)CN(c1cccc(Cl)c1Cl)S(=O)(=O)c1ccc(C)cc1. The number of halogens is 2. The maximum Gasteiger partial charge on any atom is 0.264 e. The van der Waals surface area contributed by atoms with Crippen molar-refractivity contribution in [2.45, 2.75) is 37.8 Å². The molecule has 0 radical (unpaired) electrons. The molecule has 0 saturated carbocycles. The Labute approximate surface area is 239 Å². The molecule has 0 fully saturated rings. The third kappa shape index (κ3) is 7.03. The first kappa shape index (κ1) is 30.3. The molecule has 2 amide bonds. The lowest BCUT2D eigenvalue weighted by Crippen LogP contribution is -2.51. The summed E-state index contributed by atoms with van der Waals surface area (Å²) in [4.78, 5) is 28.1. The fourth-order valence-corrected chi connectivity index (χ4v) is 5.92. The van der Waals surface area contributed by atoms with Crippen molar-refractivity contribution in [2.24, 2.45) is 0 Å². The van der Waals surface area contributed by atoms with Gasteiger partial charge in [-0.3, -0.25) is 13.9 Å². The number of rotatable bonds is 11. The number of aryl methyl sites for hydroxylation is 1. The van der Waals surface area contributed by atoms with Gasteiger partial charge in [0.25, 0.3) is 10.0 Å². The topological polar surface area (TPSA) is 96.0 Å². The van der Waals surface area contributed by atoms with Crippen LogP contribution >= 0.6 is 23.2 Å². The number of hydrogen-bond acceptors (Lipinski definition) is 5. The molecule has 11 heteroatoms. The van der Waals surface area contributed by atoms with Crippen LogP contribution < -0.4 is 14.4 Å². The van der Waals surface area contributed by atoms with Gasteiger partial charge in [-0.15, -0.1) is 0 Å². The predicted octanol–water partition coefficient (Wildman–Crippen LogP) is 5.06. The molecule has 208 valence electrons. The number of methoxy groups -OCH3 is 1. The Morgan fingerprint density at radius 2 is 1.64 bits per heavy atom. The maximum atomic E-state index is 13.9. The van der Waals surface area contributed by atoms with E-state index >= 15 is 0 Å². The van der Waals surface area contributed by atoms with Gasteiger partial charge in [-0.05, 0) is 55.3 Å². The van der Waals surface area contributed by atoms with Crippen LogP contribution in [0.15, 0.2) is 71.6 Å². The molecule has 0 saturated heterocycles. The van der Waals surface area contributed by atoms with E-state index in [0.29, 0.717) is 12.2 Å². The molecule has 8 nitrogen and oxygen atoms in total. The second kappa shape index (κ2) is 13.2. The van der Waals surface area contributed by atoms with Gasteiger partial charge in [0.05, 0.1) is 27.7 Å². The average Bonchev–Trinajstić information content (AvgIpc) is 2.93. The van der Waals surface area contributed by atoms with Crippen LogP contribution in [0.5, 0.6) is 5.75 Å². The number of benzene rings is 3. The van der Waals surface area contributed by atoms with E-state index < -0.39 is 28.5 Å². The summed E-state index contributed by atoms with van der Waals surface area (Å²) in [7, 11) is -1.22. The van der Waals surface area contributed by atoms with Gasteiger partial charge in [-0.25, -0.2) is 8.42 Å². The highest BCUT2D eigenvalue weighted by Crippen LogP contribution is 2.35. The van der Waals surface area contributed by atoms with Gasteiger partial charge >= 0.3 is 0 Å². The number of carbonyl (C=O) groups is 2. The smallest absolute Gasteiger partial charge is 0.264 e. The zero-order chi connectivity index (χ0) is 28.7. The van der Waals surface area contributed by atoms with Gasteiger partial charge in [0.1, 0.15) is 18.3 Å². The lowest BCUT2D eigenvalue weighted by atomic mass is 10.1. The summed E-state index contributed by atoms with van der Waals surface area (Å²) in [6.07, 6.45) is 0.310. The Morgan fingerprint density at radius 3 is 2.21 bits per heavy atom. The Hall–Kier alpha value is -3.27. The highest BCUT2D eigenvalue weighted by molar-refractivity contribution is 7.92. The maximum absolute atomic E-state index is 13.9. The van der Waals surface area contributed by atoms with Crippen molar-refractivity contribution in [3.8, 4) is 5.75 Å². The summed E-state index contributed by atoms with van der Waals surface area (Å²) in [6, 6.07) is 17.1. The molecule has 1 atom stereocenters. The lowest BCUT2D eigenvalue weighted by Gasteiger charge is -2.33. The van der Waals surface area contributed by atoms with E-state index in [1.54, 1.807) is 56.5 Å². The standard InChI is InChI=1S/C28H31Cl2N3O5S/c1-5-24(28(35)31-3)32(17-20-11-13-21(38-4)14-12-20)26(34)18-33(25-8-6-7-23(29)27(25)30)39(36,37)22-15-9-19(2)10-16-22/h6-16,24H,5,17-18H2,1-4H3,(H,31,35). The number of sulfonamides is 1. The van der Waals surface area contributed by atoms with E-state index in [2.05, 4.69) is 5.32 Å². The van der Waals surface area contributed by atoms with Crippen LogP contribution in [-0.2, 0) is 26.2 Å². The molecule has 1 N–H and O–H groups in total. The zero-order valence-electron chi connectivity index (χ0n) is 22.1. The lowest BCUT2D eigenvalue weighted by molar-refractivity contribution is -0.140. The molecule has 1 unspecified atom stereocenters. The predicted molar refractivity (Wildman–Crippen MR) is 154 cm³/mol. The van der Waals surface area contributed by atoms with Crippen molar-refractivity contribution < 1.29 is 22.7 Å². The Bertz CT molecular complexity index is 1410. The molecule has 3 rings (SSSR count). The van der Waals surface area contributed by atoms with Crippen LogP contribution in [-0.4, -0.2) is 51.9 Å². The minimum Gasteiger partial charge on any atom is -0.497 e. The Balaban J connectivity index is 2.09. The van der Waals surface area contributed by atoms with Gasteiger partial charge in [0.15, 0.2) is 0 Å². The third-order valence-corrected chi connectivity index (χ3v) is 8.81. The van der Waals surface area contributed by atoms with Crippen molar-refractivity contribution in [3.05, 3.63) is 87.9 Å². The minimum absolute atomic E-state index is 0.0114. The minimum atomic E-state index is -4.25. The molecular weight excluding hydrogens is 561 g/mol. The number of nitrogens with one attached hydrogen (secondary N) is 1. The Morgan fingerprint density at radius 1 is 1.00 bits per heavy atom. The van der Waals surface area contributed by atoms with Gasteiger partial charge in [0.2, 0.25) is 11.8 Å². The van der Waals surface area contributed by atoms with E-state index in [1.807, 2.05) is 6.92 Å². The fourth-order valence-electron chi connectivity index (χ4n) is 4.05. The van der Waals surface area contributed by atoms with Crippen LogP contribution in [0.2, 0.25) is 10.0 Å². The highest BCUT2D eigenvalue weighted by atomic mass is 35.5. The number of ether oxygens (including phenoxy) is 1. The van der Waals surface area contributed by atoms with Crippen LogP contribution in [0, 0.1) is 6.92 Å². The first-order chi connectivity index (χ1) is 18.5. The summed E-state index contributed by atoms with van der Waals surface area (Å²) >= 11 is 12.7. The second-order valence-electron chi connectivity index (χ2n) is 8.81.